The molecule has 1 amide bonds. The van der Waals surface area contributed by atoms with E-state index in [9.17, 15) is 4.79 Å². The van der Waals surface area contributed by atoms with Crippen LogP contribution in [0.3, 0.4) is 0 Å². The Bertz CT molecular complexity index is 1520. The second-order valence-corrected chi connectivity index (χ2v) is 12.9. The predicted octanol–water partition coefficient (Wildman–Crippen LogP) is 7.50. The maximum atomic E-state index is 13.2. The van der Waals surface area contributed by atoms with Crippen LogP contribution in [0, 0.1) is 5.92 Å². The number of halogens is 2. The lowest BCUT2D eigenvalue weighted by molar-refractivity contribution is 0.0747. The van der Waals surface area contributed by atoms with Crippen LogP contribution in [0.15, 0.2) is 90.1 Å². The van der Waals surface area contributed by atoms with Crippen LogP contribution in [0.1, 0.15) is 34.3 Å². The van der Waals surface area contributed by atoms with Gasteiger partial charge in [0.2, 0.25) is 0 Å². The number of benzene rings is 3. The third-order valence-electron chi connectivity index (χ3n) is 8.30. The molecule has 6 rings (SSSR count). The second-order valence-electron chi connectivity index (χ2n) is 11.2. The first-order chi connectivity index (χ1) is 21.0. The molecule has 0 bridgehead atoms. The standard InChI is InChI=1S/C34H35Cl2N5OS/c35-29-8-4-5-9-30(29)39-18-20-41(21-19-39)33(42)28-12-10-27(11-13-28)24-43-34-37-31(36)23-32(38-34)40-16-14-26(15-17-40)22-25-6-2-1-3-7-25/h1-13,23,26H,14-22,24H2. The van der Waals surface area contributed by atoms with Crippen molar-refractivity contribution in [2.45, 2.75) is 30.2 Å². The molecular formula is C34H35Cl2N5OS. The minimum Gasteiger partial charge on any atom is -0.367 e. The summed E-state index contributed by atoms with van der Waals surface area (Å²) < 4.78 is 0. The topological polar surface area (TPSA) is 52.6 Å². The Labute approximate surface area is 268 Å². The van der Waals surface area contributed by atoms with Crippen molar-refractivity contribution in [3.63, 3.8) is 0 Å². The number of piperazine rings is 1. The maximum Gasteiger partial charge on any atom is 0.253 e. The summed E-state index contributed by atoms with van der Waals surface area (Å²) in [6.45, 7) is 4.80. The van der Waals surface area contributed by atoms with Gasteiger partial charge in [-0.15, -0.1) is 0 Å². The third-order valence-corrected chi connectivity index (χ3v) is 9.73. The van der Waals surface area contributed by atoms with E-state index in [0.717, 1.165) is 67.5 Å². The van der Waals surface area contributed by atoms with Crippen LogP contribution in [0.25, 0.3) is 0 Å². The van der Waals surface area contributed by atoms with Gasteiger partial charge < -0.3 is 14.7 Å². The Morgan fingerprint density at radius 2 is 1.47 bits per heavy atom. The summed E-state index contributed by atoms with van der Waals surface area (Å²) in [5, 5.41) is 1.88. The number of aromatic nitrogens is 2. The summed E-state index contributed by atoms with van der Waals surface area (Å²) >= 11 is 14.4. The summed E-state index contributed by atoms with van der Waals surface area (Å²) in [5.74, 6) is 2.35. The summed E-state index contributed by atoms with van der Waals surface area (Å²) in [6.07, 6.45) is 3.41. The molecule has 2 aliphatic rings. The van der Waals surface area contributed by atoms with E-state index < -0.39 is 0 Å². The number of amides is 1. The molecule has 0 saturated carbocycles. The van der Waals surface area contributed by atoms with Crippen LogP contribution >= 0.6 is 35.0 Å². The van der Waals surface area contributed by atoms with Crippen LogP contribution < -0.4 is 9.80 Å². The zero-order chi connectivity index (χ0) is 29.6. The molecule has 0 aliphatic carbocycles. The first-order valence-electron chi connectivity index (χ1n) is 14.9. The lowest BCUT2D eigenvalue weighted by Gasteiger charge is -2.36. The highest BCUT2D eigenvalue weighted by Gasteiger charge is 2.24. The zero-order valence-electron chi connectivity index (χ0n) is 24.0. The summed E-state index contributed by atoms with van der Waals surface area (Å²) in [7, 11) is 0. The van der Waals surface area contributed by atoms with Crippen molar-refractivity contribution in [3.05, 3.63) is 112 Å². The van der Waals surface area contributed by atoms with Crippen molar-refractivity contribution in [2.24, 2.45) is 5.92 Å². The lowest BCUT2D eigenvalue weighted by Crippen LogP contribution is -2.48. The molecular weight excluding hydrogens is 597 g/mol. The number of carbonyl (C=O) groups is 1. The average Bonchev–Trinajstić information content (AvgIpc) is 3.05. The van der Waals surface area contributed by atoms with Crippen molar-refractivity contribution < 1.29 is 4.79 Å². The van der Waals surface area contributed by atoms with Crippen molar-refractivity contribution in [1.82, 2.24) is 14.9 Å². The zero-order valence-corrected chi connectivity index (χ0v) is 26.4. The number of thioether (sulfide) groups is 1. The molecule has 0 spiro atoms. The Kier molecular flexibility index (Phi) is 9.71. The molecule has 2 fully saturated rings. The molecule has 222 valence electrons. The van der Waals surface area contributed by atoms with Crippen molar-refractivity contribution in [1.29, 1.82) is 0 Å². The van der Waals surface area contributed by atoms with Crippen molar-refractivity contribution >= 4 is 52.4 Å². The van der Waals surface area contributed by atoms with E-state index in [1.54, 1.807) is 11.8 Å². The molecule has 0 radical (unpaired) electrons. The predicted molar refractivity (Wildman–Crippen MR) is 178 cm³/mol. The van der Waals surface area contributed by atoms with Gasteiger partial charge in [0.15, 0.2) is 5.16 Å². The first kappa shape index (κ1) is 29.8. The average molecular weight is 633 g/mol. The minimum atomic E-state index is 0.0633. The molecule has 0 unspecified atom stereocenters. The summed E-state index contributed by atoms with van der Waals surface area (Å²) in [5.41, 5.74) is 4.25. The molecule has 0 N–H and O–H groups in total. The van der Waals surface area contributed by atoms with Gasteiger partial charge in [0.05, 0.1) is 10.7 Å². The van der Waals surface area contributed by atoms with Crippen LogP contribution in [0.5, 0.6) is 0 Å². The number of piperidine rings is 1. The Balaban J connectivity index is 0.997. The highest BCUT2D eigenvalue weighted by Crippen LogP contribution is 2.29. The molecule has 1 aromatic heterocycles. The SMILES string of the molecule is O=C(c1ccc(CSc2nc(Cl)cc(N3CCC(Cc4ccccc4)CC3)n2)cc1)N1CCN(c2ccccc2Cl)CC1. The Hall–Kier alpha value is -3.26. The number of anilines is 2. The van der Waals surface area contributed by atoms with Gasteiger partial charge in [-0.1, -0.05) is 89.6 Å². The van der Waals surface area contributed by atoms with Gasteiger partial charge in [-0.05, 0) is 60.6 Å². The van der Waals surface area contributed by atoms with Gasteiger partial charge in [-0.25, -0.2) is 9.97 Å². The smallest absolute Gasteiger partial charge is 0.253 e. The molecule has 6 nitrogen and oxygen atoms in total. The number of carbonyl (C=O) groups excluding carboxylic acids is 1. The van der Waals surface area contributed by atoms with Gasteiger partial charge in [0.25, 0.3) is 5.91 Å². The number of hydrogen-bond donors (Lipinski definition) is 0. The summed E-state index contributed by atoms with van der Waals surface area (Å²) in [4.78, 5) is 29.0. The van der Waals surface area contributed by atoms with Gasteiger partial charge in [0, 0.05) is 56.7 Å². The number of para-hydroxylation sites is 1. The fraction of sp³-hybridized carbons (Fsp3) is 0.324. The first-order valence-corrected chi connectivity index (χ1v) is 16.6. The summed E-state index contributed by atoms with van der Waals surface area (Å²) in [6, 6.07) is 28.4. The van der Waals surface area contributed by atoms with Crippen molar-refractivity contribution in [2.75, 3.05) is 49.1 Å². The van der Waals surface area contributed by atoms with E-state index >= 15 is 0 Å². The lowest BCUT2D eigenvalue weighted by atomic mass is 9.90. The molecule has 2 saturated heterocycles. The number of hydrogen-bond acceptors (Lipinski definition) is 6. The second kappa shape index (κ2) is 14.0. The molecule has 3 heterocycles. The van der Waals surface area contributed by atoms with Gasteiger partial charge in [-0.3, -0.25) is 4.79 Å². The molecule has 43 heavy (non-hydrogen) atoms. The highest BCUT2D eigenvalue weighted by atomic mass is 35.5. The number of nitrogens with zero attached hydrogens (tertiary/aromatic N) is 5. The quantitative estimate of drug-likeness (QED) is 0.114. The van der Waals surface area contributed by atoms with E-state index in [-0.39, 0.29) is 5.91 Å². The largest absolute Gasteiger partial charge is 0.367 e. The van der Waals surface area contributed by atoms with Crippen LogP contribution in [-0.4, -0.2) is 60.0 Å². The van der Waals surface area contributed by atoms with Crippen LogP contribution in [0.4, 0.5) is 11.5 Å². The molecule has 4 aromatic rings. The van der Waals surface area contributed by atoms with E-state index in [1.165, 1.54) is 5.56 Å². The third kappa shape index (κ3) is 7.64. The van der Waals surface area contributed by atoms with Gasteiger partial charge in [0.1, 0.15) is 11.0 Å². The fourth-order valence-electron chi connectivity index (χ4n) is 5.86. The van der Waals surface area contributed by atoms with Crippen LogP contribution in [0.2, 0.25) is 10.2 Å². The molecule has 3 aromatic carbocycles. The normalized spacial score (nSPS) is 16.0. The van der Waals surface area contributed by atoms with Crippen molar-refractivity contribution in [3.8, 4) is 0 Å². The minimum absolute atomic E-state index is 0.0633. The Morgan fingerprint density at radius 3 is 2.19 bits per heavy atom. The molecule has 9 heteroatoms. The highest BCUT2D eigenvalue weighted by molar-refractivity contribution is 7.98. The van der Waals surface area contributed by atoms with E-state index in [0.29, 0.717) is 40.6 Å². The van der Waals surface area contributed by atoms with Crippen LogP contribution in [-0.2, 0) is 12.2 Å². The molecule has 2 aliphatic heterocycles. The Morgan fingerprint density at radius 1 is 0.767 bits per heavy atom. The molecule has 0 atom stereocenters. The van der Waals surface area contributed by atoms with Gasteiger partial charge >= 0.3 is 0 Å². The number of rotatable bonds is 8. The van der Waals surface area contributed by atoms with E-state index in [2.05, 4.69) is 45.1 Å². The maximum absolute atomic E-state index is 13.2. The van der Waals surface area contributed by atoms with Gasteiger partial charge in [-0.2, -0.15) is 0 Å². The fourth-order valence-corrected chi connectivity index (χ4v) is 7.15. The van der Waals surface area contributed by atoms with E-state index in [1.807, 2.05) is 59.5 Å². The van der Waals surface area contributed by atoms with E-state index in [4.69, 9.17) is 28.2 Å². The monoisotopic (exact) mass is 631 g/mol.